The third-order valence-corrected chi connectivity index (χ3v) is 3.04. The predicted molar refractivity (Wildman–Crippen MR) is 82.7 cm³/mol. The van der Waals surface area contributed by atoms with Crippen molar-refractivity contribution in [2.75, 3.05) is 18.5 Å². The Hall–Kier alpha value is -2.03. The second-order valence-electron chi connectivity index (χ2n) is 4.34. The lowest BCUT2D eigenvalue weighted by atomic mass is 10.2. The van der Waals surface area contributed by atoms with E-state index in [1.54, 1.807) is 24.3 Å². The number of unbranched alkanes of at least 4 members (excludes halogenated alkanes) is 2. The summed E-state index contributed by atoms with van der Waals surface area (Å²) in [5, 5.41) is 23.6. The number of hydrogen-bond donors (Lipinski definition) is 3. The Balaban J connectivity index is 2.50. The van der Waals surface area contributed by atoms with Crippen LogP contribution >= 0.6 is 11.6 Å². The maximum atomic E-state index is 11.9. The maximum Gasteiger partial charge on any atom is 0.267 e. The Labute approximate surface area is 129 Å². The largest absolute Gasteiger partial charge is 0.396 e. The number of para-hydroxylation sites is 1. The van der Waals surface area contributed by atoms with Gasteiger partial charge in [-0.15, -0.1) is 0 Å². The number of carbonyl (C=O) groups is 1. The molecular formula is C15H18ClN3O2. The average Bonchev–Trinajstić information content (AvgIpc) is 2.49. The Kier molecular flexibility index (Phi) is 7.95. The summed E-state index contributed by atoms with van der Waals surface area (Å²) in [5.74, 6) is -0.506. The molecule has 1 aromatic rings. The minimum atomic E-state index is -0.506. The second-order valence-corrected chi connectivity index (χ2v) is 4.75. The summed E-state index contributed by atoms with van der Waals surface area (Å²) in [5.41, 5.74) is 0.449. The van der Waals surface area contributed by atoms with Gasteiger partial charge >= 0.3 is 0 Å². The van der Waals surface area contributed by atoms with Crippen molar-refractivity contribution in [1.29, 1.82) is 5.26 Å². The number of carbonyl (C=O) groups excluding carboxylic acids is 1. The SMILES string of the molecule is N#C/C(=C/NCCCCCO)C(=O)Nc1ccccc1Cl. The monoisotopic (exact) mass is 307 g/mol. The van der Waals surface area contributed by atoms with E-state index in [9.17, 15) is 4.79 Å². The molecule has 21 heavy (non-hydrogen) atoms. The van der Waals surface area contributed by atoms with Crippen LogP contribution in [0, 0.1) is 11.3 Å². The van der Waals surface area contributed by atoms with Gasteiger partial charge in [0.25, 0.3) is 5.91 Å². The van der Waals surface area contributed by atoms with Gasteiger partial charge in [0, 0.05) is 19.4 Å². The fraction of sp³-hybridized carbons (Fsp3) is 0.333. The molecule has 6 heteroatoms. The van der Waals surface area contributed by atoms with Gasteiger partial charge in [-0.1, -0.05) is 23.7 Å². The zero-order chi connectivity index (χ0) is 15.5. The topological polar surface area (TPSA) is 85.2 Å². The Morgan fingerprint density at radius 3 is 2.76 bits per heavy atom. The average molecular weight is 308 g/mol. The maximum absolute atomic E-state index is 11.9. The fourth-order valence-corrected chi connectivity index (χ4v) is 1.77. The van der Waals surface area contributed by atoms with Crippen molar-refractivity contribution in [2.24, 2.45) is 0 Å². The summed E-state index contributed by atoms with van der Waals surface area (Å²) >= 11 is 5.94. The highest BCUT2D eigenvalue weighted by Gasteiger charge is 2.10. The van der Waals surface area contributed by atoms with Gasteiger partial charge in [0.2, 0.25) is 0 Å². The molecule has 0 aliphatic rings. The number of hydrogen-bond acceptors (Lipinski definition) is 4. The van der Waals surface area contributed by atoms with Crippen molar-refractivity contribution in [3.63, 3.8) is 0 Å². The van der Waals surface area contributed by atoms with Crippen LogP contribution in [0.1, 0.15) is 19.3 Å². The lowest BCUT2D eigenvalue weighted by molar-refractivity contribution is -0.112. The fourth-order valence-electron chi connectivity index (χ4n) is 1.59. The summed E-state index contributed by atoms with van der Waals surface area (Å²) in [6.07, 6.45) is 3.90. The molecule has 0 saturated heterocycles. The molecule has 112 valence electrons. The van der Waals surface area contributed by atoms with Gasteiger partial charge in [-0.05, 0) is 31.4 Å². The number of aliphatic hydroxyl groups is 1. The molecule has 3 N–H and O–H groups in total. The first-order chi connectivity index (χ1) is 10.2. The Morgan fingerprint density at radius 2 is 2.10 bits per heavy atom. The van der Waals surface area contributed by atoms with Crippen molar-refractivity contribution in [3.8, 4) is 6.07 Å². The van der Waals surface area contributed by atoms with Crippen LogP contribution in [-0.2, 0) is 4.79 Å². The lowest BCUT2D eigenvalue weighted by Crippen LogP contribution is -2.17. The van der Waals surface area contributed by atoms with Gasteiger partial charge in [-0.25, -0.2) is 0 Å². The normalized spacial score (nSPS) is 10.8. The van der Waals surface area contributed by atoms with Crippen molar-refractivity contribution in [1.82, 2.24) is 5.32 Å². The molecule has 0 spiro atoms. The molecule has 0 aliphatic heterocycles. The first-order valence-electron chi connectivity index (χ1n) is 6.69. The number of nitriles is 1. The third kappa shape index (κ3) is 6.30. The van der Waals surface area contributed by atoms with Crippen LogP contribution in [0.2, 0.25) is 5.02 Å². The van der Waals surface area contributed by atoms with Crippen LogP contribution in [0.25, 0.3) is 0 Å². The van der Waals surface area contributed by atoms with Crippen LogP contribution in [0.15, 0.2) is 36.0 Å². The van der Waals surface area contributed by atoms with E-state index < -0.39 is 5.91 Å². The van der Waals surface area contributed by atoms with Crippen LogP contribution < -0.4 is 10.6 Å². The standard InChI is InChI=1S/C15H18ClN3O2/c16-13-6-2-3-7-14(13)19-15(21)12(10-17)11-18-8-4-1-5-9-20/h2-3,6-7,11,18,20H,1,4-5,8-9H2,(H,19,21)/b12-11-. The molecule has 0 fully saturated rings. The van der Waals surface area contributed by atoms with Gasteiger partial charge in [-0.3, -0.25) is 4.79 Å². The second kappa shape index (κ2) is 9.81. The molecule has 1 amide bonds. The summed E-state index contributed by atoms with van der Waals surface area (Å²) in [6, 6.07) is 8.67. The number of amides is 1. The number of halogens is 1. The van der Waals surface area contributed by atoms with E-state index in [-0.39, 0.29) is 12.2 Å². The molecule has 0 aliphatic carbocycles. The molecule has 0 saturated carbocycles. The highest BCUT2D eigenvalue weighted by Crippen LogP contribution is 2.20. The number of benzene rings is 1. The minimum absolute atomic E-state index is 0.0166. The summed E-state index contributed by atoms with van der Waals surface area (Å²) in [7, 11) is 0. The van der Waals surface area contributed by atoms with E-state index in [4.69, 9.17) is 22.0 Å². The zero-order valence-corrected chi connectivity index (χ0v) is 12.4. The van der Waals surface area contributed by atoms with Crippen LogP contribution in [0.3, 0.4) is 0 Å². The first-order valence-corrected chi connectivity index (χ1v) is 7.07. The van der Waals surface area contributed by atoms with E-state index in [1.807, 2.05) is 6.07 Å². The first kappa shape index (κ1) is 17.0. The number of anilines is 1. The lowest BCUT2D eigenvalue weighted by Gasteiger charge is -2.06. The highest BCUT2D eigenvalue weighted by atomic mass is 35.5. The van der Waals surface area contributed by atoms with Gasteiger partial charge in [0.05, 0.1) is 10.7 Å². The molecule has 1 rings (SSSR count). The van der Waals surface area contributed by atoms with Gasteiger partial charge in [0.15, 0.2) is 0 Å². The van der Waals surface area contributed by atoms with Crippen LogP contribution in [-0.4, -0.2) is 24.2 Å². The van der Waals surface area contributed by atoms with E-state index in [0.717, 1.165) is 19.3 Å². The smallest absolute Gasteiger partial charge is 0.267 e. The molecule has 1 aromatic carbocycles. The molecule has 0 atom stereocenters. The van der Waals surface area contributed by atoms with Crippen molar-refractivity contribution in [2.45, 2.75) is 19.3 Å². The van der Waals surface area contributed by atoms with Gasteiger partial charge in [0.1, 0.15) is 11.6 Å². The molecule has 0 heterocycles. The number of aliphatic hydroxyl groups excluding tert-OH is 1. The quantitative estimate of drug-likeness (QED) is 0.391. The summed E-state index contributed by atoms with van der Waals surface area (Å²) in [4.78, 5) is 11.9. The Bertz CT molecular complexity index is 538. The molecule has 0 aromatic heterocycles. The van der Waals surface area contributed by atoms with E-state index in [1.165, 1.54) is 6.20 Å². The summed E-state index contributed by atoms with van der Waals surface area (Å²) < 4.78 is 0. The van der Waals surface area contributed by atoms with Gasteiger partial charge in [-0.2, -0.15) is 5.26 Å². The number of rotatable bonds is 8. The van der Waals surface area contributed by atoms with Crippen LogP contribution in [0.5, 0.6) is 0 Å². The zero-order valence-electron chi connectivity index (χ0n) is 11.6. The number of nitrogens with one attached hydrogen (secondary N) is 2. The Morgan fingerprint density at radius 1 is 1.33 bits per heavy atom. The minimum Gasteiger partial charge on any atom is -0.396 e. The van der Waals surface area contributed by atoms with E-state index >= 15 is 0 Å². The molecule has 0 radical (unpaired) electrons. The predicted octanol–water partition coefficient (Wildman–Crippen LogP) is 2.44. The highest BCUT2D eigenvalue weighted by molar-refractivity contribution is 6.33. The van der Waals surface area contributed by atoms with Crippen molar-refractivity contribution < 1.29 is 9.90 Å². The van der Waals surface area contributed by atoms with Gasteiger partial charge < -0.3 is 15.7 Å². The molecule has 5 nitrogen and oxygen atoms in total. The molecule has 0 bridgehead atoms. The third-order valence-electron chi connectivity index (χ3n) is 2.71. The van der Waals surface area contributed by atoms with Crippen molar-refractivity contribution >= 4 is 23.2 Å². The van der Waals surface area contributed by atoms with Crippen molar-refractivity contribution in [3.05, 3.63) is 41.1 Å². The number of nitrogens with zero attached hydrogens (tertiary/aromatic N) is 1. The van der Waals surface area contributed by atoms with E-state index in [2.05, 4.69) is 10.6 Å². The summed E-state index contributed by atoms with van der Waals surface area (Å²) in [6.45, 7) is 0.823. The molecule has 0 unspecified atom stereocenters. The van der Waals surface area contributed by atoms with Crippen LogP contribution in [0.4, 0.5) is 5.69 Å². The van der Waals surface area contributed by atoms with E-state index in [0.29, 0.717) is 17.3 Å². The molecular weight excluding hydrogens is 290 g/mol.